The van der Waals surface area contributed by atoms with Crippen molar-refractivity contribution in [3.63, 3.8) is 0 Å². The van der Waals surface area contributed by atoms with Crippen molar-refractivity contribution in [2.45, 2.75) is 46.1 Å². The summed E-state index contributed by atoms with van der Waals surface area (Å²) in [5, 5.41) is 17.9. The molecule has 1 fully saturated rings. The fourth-order valence-electron chi connectivity index (χ4n) is 3.09. The topological polar surface area (TPSA) is 67.2 Å². The van der Waals surface area contributed by atoms with Crippen LogP contribution in [0.2, 0.25) is 0 Å². The van der Waals surface area contributed by atoms with Crippen LogP contribution < -0.4 is 10.6 Å². The summed E-state index contributed by atoms with van der Waals surface area (Å²) >= 11 is 0. The van der Waals surface area contributed by atoms with E-state index in [1.54, 1.807) is 6.07 Å². The molecule has 5 nitrogen and oxygen atoms in total. The molecule has 0 aromatic heterocycles. The lowest BCUT2D eigenvalue weighted by Crippen LogP contribution is -2.30. The molecule has 1 saturated carbocycles. The van der Waals surface area contributed by atoms with Crippen LogP contribution in [0.15, 0.2) is 18.2 Å². The van der Waals surface area contributed by atoms with Crippen molar-refractivity contribution in [3.05, 3.63) is 28.3 Å². The zero-order valence-corrected chi connectivity index (χ0v) is 13.1. The van der Waals surface area contributed by atoms with E-state index < -0.39 is 0 Å². The predicted octanol–water partition coefficient (Wildman–Crippen LogP) is 4.26. The zero-order valence-electron chi connectivity index (χ0n) is 13.1. The summed E-state index contributed by atoms with van der Waals surface area (Å²) in [5.41, 5.74) is 1.38. The number of rotatable bonds is 5. The lowest BCUT2D eigenvalue weighted by molar-refractivity contribution is -0.383. The Morgan fingerprint density at radius 2 is 1.95 bits per heavy atom. The van der Waals surface area contributed by atoms with Gasteiger partial charge in [0.1, 0.15) is 11.4 Å². The van der Waals surface area contributed by atoms with E-state index in [1.165, 1.54) is 6.42 Å². The van der Waals surface area contributed by atoms with Gasteiger partial charge in [0.2, 0.25) is 0 Å². The fraction of sp³-hybridized carbons (Fsp3) is 0.625. The summed E-state index contributed by atoms with van der Waals surface area (Å²) < 4.78 is 0. The number of hydrogen-bond acceptors (Lipinski definition) is 4. The van der Waals surface area contributed by atoms with E-state index >= 15 is 0 Å². The van der Waals surface area contributed by atoms with E-state index in [0.717, 1.165) is 18.8 Å². The summed E-state index contributed by atoms with van der Waals surface area (Å²) in [5.74, 6) is 1.40. The van der Waals surface area contributed by atoms with Crippen molar-refractivity contribution in [3.8, 4) is 0 Å². The first-order valence-electron chi connectivity index (χ1n) is 7.80. The number of hydrogen-bond donors (Lipinski definition) is 2. The first-order valence-corrected chi connectivity index (χ1v) is 7.80. The van der Waals surface area contributed by atoms with Gasteiger partial charge < -0.3 is 10.6 Å². The van der Waals surface area contributed by atoms with E-state index in [0.29, 0.717) is 29.9 Å². The summed E-state index contributed by atoms with van der Waals surface area (Å²) in [6, 6.07) is 5.76. The Bertz CT molecular complexity index is 504. The minimum atomic E-state index is -0.296. The van der Waals surface area contributed by atoms with E-state index in [2.05, 4.69) is 24.5 Å². The van der Waals surface area contributed by atoms with E-state index in [1.807, 2.05) is 19.1 Å². The van der Waals surface area contributed by atoms with Crippen LogP contribution in [0.25, 0.3) is 0 Å². The second kappa shape index (κ2) is 6.78. The van der Waals surface area contributed by atoms with Crippen LogP contribution in [0.5, 0.6) is 0 Å². The lowest BCUT2D eigenvalue weighted by atomic mass is 9.79. The highest BCUT2D eigenvalue weighted by atomic mass is 16.6. The van der Waals surface area contributed by atoms with Crippen LogP contribution >= 0.6 is 0 Å². The molecule has 0 amide bonds. The molecule has 1 aliphatic carbocycles. The highest BCUT2D eigenvalue weighted by molar-refractivity contribution is 5.76. The SMILES string of the molecule is CCNc1cccc(NC2CCC(C)C(C)C2)c1[N+](=O)[O-]. The first-order chi connectivity index (χ1) is 10.0. The molecule has 116 valence electrons. The van der Waals surface area contributed by atoms with Crippen LogP contribution in [0.1, 0.15) is 40.0 Å². The smallest absolute Gasteiger partial charge is 0.315 e. The minimum absolute atomic E-state index is 0.158. The number of para-hydroxylation sites is 1. The molecule has 3 atom stereocenters. The molecule has 1 aromatic rings. The predicted molar refractivity (Wildman–Crippen MR) is 86.8 cm³/mol. The molecule has 0 heterocycles. The van der Waals surface area contributed by atoms with Gasteiger partial charge in [0.05, 0.1) is 4.92 Å². The van der Waals surface area contributed by atoms with Gasteiger partial charge in [0.25, 0.3) is 0 Å². The summed E-state index contributed by atoms with van der Waals surface area (Å²) in [7, 11) is 0. The van der Waals surface area contributed by atoms with Crippen molar-refractivity contribution >= 4 is 17.1 Å². The molecule has 0 saturated heterocycles. The third-order valence-corrected chi connectivity index (χ3v) is 4.54. The Kier molecular flexibility index (Phi) is 5.04. The highest BCUT2D eigenvalue weighted by Crippen LogP contribution is 2.36. The Morgan fingerprint density at radius 1 is 1.24 bits per heavy atom. The lowest BCUT2D eigenvalue weighted by Gasteiger charge is -2.33. The zero-order chi connectivity index (χ0) is 15.4. The van der Waals surface area contributed by atoms with Gasteiger partial charge in [-0.1, -0.05) is 19.9 Å². The summed E-state index contributed by atoms with van der Waals surface area (Å²) in [6.45, 7) is 7.16. The van der Waals surface area contributed by atoms with Gasteiger partial charge in [-0.2, -0.15) is 0 Å². The minimum Gasteiger partial charge on any atom is -0.380 e. The molecule has 2 N–H and O–H groups in total. The number of nitro groups is 1. The third kappa shape index (κ3) is 3.65. The van der Waals surface area contributed by atoms with E-state index in [4.69, 9.17) is 0 Å². The van der Waals surface area contributed by atoms with Crippen LogP contribution in [0, 0.1) is 22.0 Å². The number of nitrogens with one attached hydrogen (secondary N) is 2. The quantitative estimate of drug-likeness (QED) is 0.628. The van der Waals surface area contributed by atoms with Crippen LogP contribution in [0.3, 0.4) is 0 Å². The normalized spacial score (nSPS) is 25.4. The molecular formula is C16H25N3O2. The van der Waals surface area contributed by atoms with Crippen molar-refractivity contribution in [2.75, 3.05) is 17.2 Å². The molecular weight excluding hydrogens is 266 g/mol. The number of benzene rings is 1. The first kappa shape index (κ1) is 15.6. The molecule has 5 heteroatoms. The molecule has 2 rings (SSSR count). The number of anilines is 2. The van der Waals surface area contributed by atoms with Gasteiger partial charge in [0, 0.05) is 12.6 Å². The Balaban J connectivity index is 2.19. The van der Waals surface area contributed by atoms with Crippen molar-refractivity contribution < 1.29 is 4.92 Å². The average molecular weight is 291 g/mol. The van der Waals surface area contributed by atoms with E-state index in [-0.39, 0.29) is 10.6 Å². The van der Waals surface area contributed by atoms with Gasteiger partial charge in [-0.15, -0.1) is 0 Å². The Labute approximate surface area is 126 Å². The van der Waals surface area contributed by atoms with Crippen LogP contribution in [0.4, 0.5) is 17.1 Å². The molecule has 3 unspecified atom stereocenters. The van der Waals surface area contributed by atoms with Gasteiger partial charge in [-0.25, -0.2) is 0 Å². The molecule has 1 aromatic carbocycles. The van der Waals surface area contributed by atoms with Crippen molar-refractivity contribution in [1.29, 1.82) is 0 Å². The van der Waals surface area contributed by atoms with Gasteiger partial charge in [-0.05, 0) is 50.2 Å². The molecule has 0 radical (unpaired) electrons. The second-order valence-electron chi connectivity index (χ2n) is 6.10. The maximum absolute atomic E-state index is 11.4. The van der Waals surface area contributed by atoms with Crippen LogP contribution in [-0.4, -0.2) is 17.5 Å². The number of nitrogens with zero attached hydrogens (tertiary/aromatic N) is 1. The van der Waals surface area contributed by atoms with Crippen molar-refractivity contribution in [2.24, 2.45) is 11.8 Å². The third-order valence-electron chi connectivity index (χ3n) is 4.54. The standard InChI is InChI=1S/C16H25N3O2/c1-4-17-14-6-5-7-15(16(14)19(20)21)18-13-9-8-11(2)12(3)10-13/h5-7,11-13,17-18H,4,8-10H2,1-3H3. The van der Waals surface area contributed by atoms with Gasteiger partial charge in [0.15, 0.2) is 0 Å². The van der Waals surface area contributed by atoms with Gasteiger partial charge in [-0.3, -0.25) is 10.1 Å². The largest absolute Gasteiger partial charge is 0.380 e. The second-order valence-corrected chi connectivity index (χ2v) is 6.10. The van der Waals surface area contributed by atoms with Crippen LogP contribution in [-0.2, 0) is 0 Å². The maximum atomic E-state index is 11.4. The molecule has 0 aliphatic heterocycles. The molecule has 1 aliphatic rings. The Morgan fingerprint density at radius 3 is 2.57 bits per heavy atom. The fourth-order valence-corrected chi connectivity index (χ4v) is 3.09. The monoisotopic (exact) mass is 291 g/mol. The van der Waals surface area contributed by atoms with Crippen molar-refractivity contribution in [1.82, 2.24) is 0 Å². The molecule has 0 spiro atoms. The molecule has 0 bridgehead atoms. The van der Waals surface area contributed by atoms with Gasteiger partial charge >= 0.3 is 5.69 Å². The summed E-state index contributed by atoms with van der Waals surface area (Å²) in [6.07, 6.45) is 3.33. The average Bonchev–Trinajstić information content (AvgIpc) is 2.43. The maximum Gasteiger partial charge on any atom is 0.315 e. The Hall–Kier alpha value is -1.78. The molecule has 21 heavy (non-hydrogen) atoms. The number of nitro benzene ring substituents is 1. The highest BCUT2D eigenvalue weighted by Gasteiger charge is 2.27. The van der Waals surface area contributed by atoms with E-state index in [9.17, 15) is 10.1 Å². The summed E-state index contributed by atoms with van der Waals surface area (Å²) in [4.78, 5) is 11.1.